The largest absolute Gasteiger partial charge is 0.372 e. The highest BCUT2D eigenvalue weighted by Gasteiger charge is 2.39. The van der Waals surface area contributed by atoms with Gasteiger partial charge < -0.3 is 9.80 Å². The van der Waals surface area contributed by atoms with Gasteiger partial charge in [0.15, 0.2) is 0 Å². The number of Topliss-reactive ketones (excluding diaryl/α,β-unsaturated/α-hetero) is 1. The molecule has 2 aliphatic rings. The second-order valence-electron chi connectivity index (χ2n) is 5.93. The smallest absolute Gasteiger partial charge is 0.137 e. The summed E-state index contributed by atoms with van der Waals surface area (Å²) in [6.45, 7) is 6.46. The Labute approximate surface area is 121 Å². The Hall–Kier alpha value is -1.51. The number of piperidine rings is 1. The van der Waals surface area contributed by atoms with Gasteiger partial charge in [-0.3, -0.25) is 4.79 Å². The Morgan fingerprint density at radius 1 is 1.05 bits per heavy atom. The monoisotopic (exact) mass is 272 g/mol. The number of carbonyl (C=O) groups is 1. The van der Waals surface area contributed by atoms with Crippen LogP contribution in [-0.4, -0.2) is 31.0 Å². The van der Waals surface area contributed by atoms with E-state index in [2.05, 4.69) is 47.9 Å². The quantitative estimate of drug-likeness (QED) is 0.840. The predicted octanol–water partition coefficient (Wildman–Crippen LogP) is 3.23. The number of nitrogens with zero attached hydrogens (tertiary/aromatic N) is 2. The summed E-state index contributed by atoms with van der Waals surface area (Å²) in [5.41, 5.74) is 2.58. The Morgan fingerprint density at radius 3 is 2.10 bits per heavy atom. The van der Waals surface area contributed by atoms with Crippen molar-refractivity contribution in [1.82, 2.24) is 0 Å². The summed E-state index contributed by atoms with van der Waals surface area (Å²) in [5.74, 6) is 0.452. The molecule has 2 saturated heterocycles. The summed E-state index contributed by atoms with van der Waals surface area (Å²) < 4.78 is 0. The van der Waals surface area contributed by atoms with Crippen LogP contribution in [0.2, 0.25) is 0 Å². The number of carbonyl (C=O) groups excluding carboxylic acids is 1. The van der Waals surface area contributed by atoms with E-state index in [1.807, 2.05) is 0 Å². The van der Waals surface area contributed by atoms with Crippen LogP contribution in [0.5, 0.6) is 0 Å². The molecule has 0 radical (unpaired) electrons. The maximum atomic E-state index is 11.7. The third-order valence-corrected chi connectivity index (χ3v) is 4.82. The summed E-state index contributed by atoms with van der Waals surface area (Å²) in [6.07, 6.45) is 3.84. The molecule has 0 aromatic heterocycles. The molecule has 2 bridgehead atoms. The van der Waals surface area contributed by atoms with Crippen molar-refractivity contribution in [2.24, 2.45) is 0 Å². The van der Waals surface area contributed by atoms with E-state index in [4.69, 9.17) is 0 Å². The molecule has 3 rings (SSSR count). The lowest BCUT2D eigenvalue weighted by atomic mass is 10.0. The third kappa shape index (κ3) is 2.30. The van der Waals surface area contributed by atoms with Crippen molar-refractivity contribution < 1.29 is 4.79 Å². The predicted molar refractivity (Wildman–Crippen MR) is 83.5 cm³/mol. The fourth-order valence-corrected chi connectivity index (χ4v) is 3.82. The van der Waals surface area contributed by atoms with E-state index in [1.165, 1.54) is 24.2 Å². The lowest BCUT2D eigenvalue weighted by Crippen LogP contribution is -2.43. The first-order chi connectivity index (χ1) is 9.72. The number of hydrogen-bond acceptors (Lipinski definition) is 3. The minimum atomic E-state index is 0.445. The summed E-state index contributed by atoms with van der Waals surface area (Å²) in [5, 5.41) is 0. The van der Waals surface area contributed by atoms with Crippen LogP contribution in [-0.2, 0) is 4.79 Å². The van der Waals surface area contributed by atoms with Gasteiger partial charge >= 0.3 is 0 Å². The molecule has 1 aromatic rings. The molecule has 2 aliphatic heterocycles. The molecule has 0 saturated carbocycles. The molecule has 0 amide bonds. The van der Waals surface area contributed by atoms with Crippen LogP contribution in [0.4, 0.5) is 11.4 Å². The third-order valence-electron chi connectivity index (χ3n) is 4.82. The van der Waals surface area contributed by atoms with E-state index in [9.17, 15) is 4.79 Å². The first-order valence-corrected chi connectivity index (χ1v) is 7.88. The molecular formula is C17H24N2O. The highest BCUT2D eigenvalue weighted by molar-refractivity contribution is 5.83. The van der Waals surface area contributed by atoms with Crippen molar-refractivity contribution in [3.63, 3.8) is 0 Å². The van der Waals surface area contributed by atoms with E-state index < -0.39 is 0 Å². The van der Waals surface area contributed by atoms with Gasteiger partial charge in [0.25, 0.3) is 0 Å². The fourth-order valence-electron chi connectivity index (χ4n) is 3.82. The topological polar surface area (TPSA) is 23.6 Å². The molecule has 2 atom stereocenters. The molecule has 108 valence electrons. The van der Waals surface area contributed by atoms with Crippen molar-refractivity contribution in [1.29, 1.82) is 0 Å². The molecule has 0 N–H and O–H groups in total. The molecule has 0 spiro atoms. The van der Waals surface area contributed by atoms with Crippen LogP contribution in [0, 0.1) is 0 Å². The van der Waals surface area contributed by atoms with Crippen LogP contribution in [0.3, 0.4) is 0 Å². The minimum absolute atomic E-state index is 0.445. The zero-order valence-electron chi connectivity index (χ0n) is 12.5. The zero-order chi connectivity index (χ0) is 14.1. The molecule has 20 heavy (non-hydrogen) atoms. The first kappa shape index (κ1) is 13.5. The summed E-state index contributed by atoms with van der Waals surface area (Å²) >= 11 is 0. The molecule has 2 unspecified atom stereocenters. The number of benzene rings is 1. The van der Waals surface area contributed by atoms with Crippen molar-refractivity contribution in [3.05, 3.63) is 24.3 Å². The highest BCUT2D eigenvalue weighted by Crippen LogP contribution is 2.38. The van der Waals surface area contributed by atoms with Crippen molar-refractivity contribution in [2.45, 2.75) is 51.6 Å². The average Bonchev–Trinajstić information content (AvgIpc) is 2.73. The van der Waals surface area contributed by atoms with Crippen molar-refractivity contribution in [2.75, 3.05) is 22.9 Å². The average molecular weight is 272 g/mol. The lowest BCUT2D eigenvalue weighted by molar-refractivity contribution is -0.120. The molecule has 3 heteroatoms. The van der Waals surface area contributed by atoms with E-state index in [1.54, 1.807) is 0 Å². The second kappa shape index (κ2) is 5.47. The van der Waals surface area contributed by atoms with Gasteiger partial charge in [-0.05, 0) is 51.0 Å². The van der Waals surface area contributed by atoms with Crippen LogP contribution in [0.15, 0.2) is 24.3 Å². The SMILES string of the molecule is CCN(CC)c1ccc(N2C3CCC2CC(=O)C3)cc1. The van der Waals surface area contributed by atoms with Crippen LogP contribution in [0.25, 0.3) is 0 Å². The molecule has 2 heterocycles. The number of rotatable bonds is 4. The number of fused-ring (bicyclic) bond motifs is 2. The molecule has 1 aromatic carbocycles. The van der Waals surface area contributed by atoms with Gasteiger partial charge in [-0.1, -0.05) is 0 Å². The van der Waals surface area contributed by atoms with E-state index in [0.717, 1.165) is 25.9 Å². The summed E-state index contributed by atoms with van der Waals surface area (Å²) in [7, 11) is 0. The number of ketones is 1. The maximum Gasteiger partial charge on any atom is 0.137 e. The highest BCUT2D eigenvalue weighted by atomic mass is 16.1. The Bertz CT molecular complexity index is 462. The molecule has 3 nitrogen and oxygen atoms in total. The Balaban J connectivity index is 1.80. The van der Waals surface area contributed by atoms with Gasteiger partial charge in [0.2, 0.25) is 0 Å². The summed E-state index contributed by atoms with van der Waals surface area (Å²) in [6, 6.07) is 9.79. The minimum Gasteiger partial charge on any atom is -0.372 e. The van der Waals surface area contributed by atoms with Crippen LogP contribution in [0.1, 0.15) is 39.5 Å². The maximum absolute atomic E-state index is 11.7. The van der Waals surface area contributed by atoms with E-state index in [-0.39, 0.29) is 0 Å². The van der Waals surface area contributed by atoms with Crippen LogP contribution >= 0.6 is 0 Å². The lowest BCUT2D eigenvalue weighted by Gasteiger charge is -2.36. The first-order valence-electron chi connectivity index (χ1n) is 7.88. The molecule has 2 fully saturated rings. The number of anilines is 2. The van der Waals surface area contributed by atoms with Gasteiger partial charge in [-0.2, -0.15) is 0 Å². The van der Waals surface area contributed by atoms with Crippen molar-refractivity contribution >= 4 is 17.2 Å². The summed E-state index contributed by atoms with van der Waals surface area (Å²) in [4.78, 5) is 16.5. The van der Waals surface area contributed by atoms with Gasteiger partial charge in [0.05, 0.1) is 0 Å². The second-order valence-corrected chi connectivity index (χ2v) is 5.93. The molecule has 0 aliphatic carbocycles. The zero-order valence-corrected chi connectivity index (χ0v) is 12.5. The standard InChI is InChI=1S/C17H24N2O/c1-3-18(4-2)13-5-7-14(8-6-13)19-15-9-10-16(19)12-17(20)11-15/h5-8,15-16H,3-4,9-12H2,1-2H3. The van der Waals surface area contributed by atoms with Crippen molar-refractivity contribution in [3.8, 4) is 0 Å². The Morgan fingerprint density at radius 2 is 1.60 bits per heavy atom. The fraction of sp³-hybridized carbons (Fsp3) is 0.588. The van der Waals surface area contributed by atoms with E-state index in [0.29, 0.717) is 17.9 Å². The molecular weight excluding hydrogens is 248 g/mol. The van der Waals surface area contributed by atoms with Crippen LogP contribution < -0.4 is 9.80 Å². The Kier molecular flexibility index (Phi) is 3.68. The normalized spacial score (nSPS) is 25.1. The van der Waals surface area contributed by atoms with E-state index >= 15 is 0 Å². The van der Waals surface area contributed by atoms with Gasteiger partial charge in [-0.15, -0.1) is 0 Å². The van der Waals surface area contributed by atoms with Gasteiger partial charge in [-0.25, -0.2) is 0 Å². The number of hydrogen-bond donors (Lipinski definition) is 0. The van der Waals surface area contributed by atoms with Gasteiger partial charge in [0.1, 0.15) is 5.78 Å². The van der Waals surface area contributed by atoms with Gasteiger partial charge in [0, 0.05) is 49.4 Å².